The number of rotatable bonds is 2. The molecule has 0 bridgehead atoms. The summed E-state index contributed by atoms with van der Waals surface area (Å²) >= 11 is 0. The van der Waals surface area contributed by atoms with Crippen LogP contribution in [0.5, 0.6) is 0 Å². The topological polar surface area (TPSA) is 77.7 Å². The van der Waals surface area contributed by atoms with Gasteiger partial charge in [0.05, 0.1) is 13.2 Å². The fourth-order valence-corrected chi connectivity index (χ4v) is 1.96. The summed E-state index contributed by atoms with van der Waals surface area (Å²) in [5.74, 6) is 1.09. The summed E-state index contributed by atoms with van der Waals surface area (Å²) in [6, 6.07) is -0.395. The fourth-order valence-electron chi connectivity index (χ4n) is 1.96. The van der Waals surface area contributed by atoms with E-state index >= 15 is 0 Å². The van der Waals surface area contributed by atoms with Gasteiger partial charge in [-0.1, -0.05) is 13.8 Å². The van der Waals surface area contributed by atoms with E-state index in [0.29, 0.717) is 31.5 Å². The molecule has 1 aromatic rings. The number of nitrogens with zero attached hydrogens (tertiary/aromatic N) is 3. The van der Waals surface area contributed by atoms with Crippen LogP contribution in [-0.2, 0) is 9.47 Å². The zero-order valence-corrected chi connectivity index (χ0v) is 13.3. The van der Waals surface area contributed by atoms with Gasteiger partial charge >= 0.3 is 6.09 Å². The van der Waals surface area contributed by atoms with Gasteiger partial charge in [-0.2, -0.15) is 0 Å². The molecule has 0 unspecified atom stereocenters. The van der Waals surface area contributed by atoms with Crippen LogP contribution in [0.1, 0.15) is 58.4 Å². The van der Waals surface area contributed by atoms with E-state index in [2.05, 4.69) is 10.2 Å². The monoisotopic (exact) mass is 297 g/mol. The fraction of sp³-hybridized carbons (Fsp3) is 0.786. The van der Waals surface area contributed by atoms with Gasteiger partial charge in [-0.25, -0.2) is 4.79 Å². The van der Waals surface area contributed by atoms with Gasteiger partial charge < -0.3 is 13.9 Å². The standard InChI is InChI=1S/C14H23N3O4/c1-9(2)11-15-16-12(20-11)10-8-19-7-6-17(10)13(18)21-14(3,4)5/h9-10H,6-8H2,1-5H3/t10-/m1/s1. The van der Waals surface area contributed by atoms with Gasteiger partial charge in [0.2, 0.25) is 11.8 Å². The van der Waals surface area contributed by atoms with E-state index in [-0.39, 0.29) is 12.0 Å². The van der Waals surface area contributed by atoms with Crippen LogP contribution < -0.4 is 0 Å². The molecule has 2 rings (SSSR count). The zero-order chi connectivity index (χ0) is 15.6. The molecule has 0 spiro atoms. The second kappa shape index (κ2) is 6.01. The molecular weight excluding hydrogens is 274 g/mol. The summed E-state index contributed by atoms with van der Waals surface area (Å²) in [5.41, 5.74) is -0.544. The maximum atomic E-state index is 12.3. The maximum absolute atomic E-state index is 12.3. The first-order valence-electron chi connectivity index (χ1n) is 7.18. The SMILES string of the molecule is CC(C)c1nnc([C@H]2COCCN2C(=O)OC(C)(C)C)o1. The number of carbonyl (C=O) groups excluding carboxylic acids is 1. The van der Waals surface area contributed by atoms with E-state index < -0.39 is 11.6 Å². The lowest BCUT2D eigenvalue weighted by atomic mass is 10.2. The summed E-state index contributed by atoms with van der Waals surface area (Å²) in [6.07, 6.45) is -0.389. The Hall–Kier alpha value is -1.63. The molecule has 1 atom stereocenters. The smallest absolute Gasteiger partial charge is 0.411 e. The molecule has 0 aromatic carbocycles. The van der Waals surface area contributed by atoms with Gasteiger partial charge in [0.15, 0.2) is 0 Å². The largest absolute Gasteiger partial charge is 0.444 e. The van der Waals surface area contributed by atoms with Crippen LogP contribution in [0.25, 0.3) is 0 Å². The molecule has 1 fully saturated rings. The average Bonchev–Trinajstić information content (AvgIpc) is 2.86. The Morgan fingerprint density at radius 3 is 2.67 bits per heavy atom. The van der Waals surface area contributed by atoms with Crippen LogP contribution in [0, 0.1) is 0 Å². The van der Waals surface area contributed by atoms with Gasteiger partial charge in [0, 0.05) is 12.5 Å². The molecule has 0 N–H and O–H groups in total. The number of aromatic nitrogens is 2. The Balaban J connectivity index is 2.16. The normalized spacial score (nSPS) is 19.9. The lowest BCUT2D eigenvalue weighted by Gasteiger charge is -2.34. The van der Waals surface area contributed by atoms with Crippen molar-refractivity contribution in [3.05, 3.63) is 11.8 Å². The molecule has 7 nitrogen and oxygen atoms in total. The first kappa shape index (κ1) is 15.8. The Bertz CT molecular complexity index is 493. The highest BCUT2D eigenvalue weighted by Gasteiger charge is 2.35. The van der Waals surface area contributed by atoms with Crippen molar-refractivity contribution in [2.75, 3.05) is 19.8 Å². The van der Waals surface area contributed by atoms with Crippen molar-refractivity contribution in [1.82, 2.24) is 15.1 Å². The average molecular weight is 297 g/mol. The summed E-state index contributed by atoms with van der Waals surface area (Å²) in [4.78, 5) is 13.9. The third-order valence-electron chi connectivity index (χ3n) is 2.99. The molecule has 2 heterocycles. The molecule has 21 heavy (non-hydrogen) atoms. The third kappa shape index (κ3) is 3.93. The number of hydrogen-bond donors (Lipinski definition) is 0. The maximum Gasteiger partial charge on any atom is 0.411 e. The first-order valence-corrected chi connectivity index (χ1v) is 7.18. The highest BCUT2D eigenvalue weighted by Crippen LogP contribution is 2.26. The first-order chi connectivity index (χ1) is 9.78. The molecule has 7 heteroatoms. The van der Waals surface area contributed by atoms with Crippen molar-refractivity contribution in [3.63, 3.8) is 0 Å². The highest BCUT2D eigenvalue weighted by molar-refractivity contribution is 5.68. The van der Waals surface area contributed by atoms with Gasteiger partial charge in [0.1, 0.15) is 11.6 Å². The molecule has 1 amide bonds. The number of hydrogen-bond acceptors (Lipinski definition) is 6. The summed E-state index contributed by atoms with van der Waals surface area (Å²) in [6.45, 7) is 10.7. The van der Waals surface area contributed by atoms with Crippen molar-refractivity contribution in [3.8, 4) is 0 Å². The van der Waals surface area contributed by atoms with Crippen molar-refractivity contribution < 1.29 is 18.7 Å². The molecular formula is C14H23N3O4. The van der Waals surface area contributed by atoms with Gasteiger partial charge in [0.25, 0.3) is 0 Å². The van der Waals surface area contributed by atoms with Gasteiger partial charge in [-0.3, -0.25) is 4.90 Å². The summed E-state index contributed by atoms with van der Waals surface area (Å²) in [5, 5.41) is 8.05. The van der Waals surface area contributed by atoms with E-state index in [1.807, 2.05) is 34.6 Å². The number of carbonyl (C=O) groups is 1. The van der Waals surface area contributed by atoms with Crippen molar-refractivity contribution >= 4 is 6.09 Å². The van der Waals surface area contributed by atoms with Crippen LogP contribution >= 0.6 is 0 Å². The van der Waals surface area contributed by atoms with Gasteiger partial charge in [-0.15, -0.1) is 10.2 Å². The molecule has 118 valence electrons. The van der Waals surface area contributed by atoms with Crippen LogP contribution in [0.4, 0.5) is 4.79 Å². The van der Waals surface area contributed by atoms with E-state index in [1.165, 1.54) is 0 Å². The minimum atomic E-state index is -0.544. The Morgan fingerprint density at radius 2 is 2.10 bits per heavy atom. The lowest BCUT2D eigenvalue weighted by molar-refractivity contribution is -0.0393. The number of ether oxygens (including phenoxy) is 2. The Labute approximate surface area is 124 Å². The van der Waals surface area contributed by atoms with Gasteiger partial charge in [-0.05, 0) is 20.8 Å². The second-order valence-electron chi connectivity index (χ2n) is 6.40. The molecule has 0 saturated carbocycles. The van der Waals surface area contributed by atoms with Crippen molar-refractivity contribution in [2.45, 2.75) is 52.2 Å². The lowest BCUT2D eigenvalue weighted by Crippen LogP contribution is -2.45. The Morgan fingerprint density at radius 1 is 1.38 bits per heavy atom. The zero-order valence-electron chi connectivity index (χ0n) is 13.3. The quantitative estimate of drug-likeness (QED) is 0.834. The molecule has 1 aliphatic rings. The minimum Gasteiger partial charge on any atom is -0.444 e. The molecule has 1 aliphatic heterocycles. The van der Waals surface area contributed by atoms with E-state index in [1.54, 1.807) is 4.90 Å². The van der Waals surface area contributed by atoms with Crippen LogP contribution in [0.2, 0.25) is 0 Å². The molecule has 0 radical (unpaired) electrons. The Kier molecular flexibility index (Phi) is 4.51. The minimum absolute atomic E-state index is 0.144. The van der Waals surface area contributed by atoms with E-state index in [0.717, 1.165) is 0 Å². The van der Waals surface area contributed by atoms with Crippen LogP contribution in [-0.4, -0.2) is 46.6 Å². The highest BCUT2D eigenvalue weighted by atomic mass is 16.6. The predicted molar refractivity (Wildman–Crippen MR) is 74.9 cm³/mol. The van der Waals surface area contributed by atoms with Crippen LogP contribution in [0.15, 0.2) is 4.42 Å². The number of amides is 1. The molecule has 1 saturated heterocycles. The molecule has 1 aromatic heterocycles. The third-order valence-corrected chi connectivity index (χ3v) is 2.99. The van der Waals surface area contributed by atoms with Crippen molar-refractivity contribution in [1.29, 1.82) is 0 Å². The second-order valence-corrected chi connectivity index (χ2v) is 6.40. The molecule has 0 aliphatic carbocycles. The number of morpholine rings is 1. The predicted octanol–water partition coefficient (Wildman–Crippen LogP) is 2.50. The van der Waals surface area contributed by atoms with E-state index in [4.69, 9.17) is 13.9 Å². The summed E-state index contributed by atoms with van der Waals surface area (Å²) in [7, 11) is 0. The summed E-state index contributed by atoms with van der Waals surface area (Å²) < 4.78 is 16.5. The van der Waals surface area contributed by atoms with Crippen molar-refractivity contribution in [2.24, 2.45) is 0 Å². The van der Waals surface area contributed by atoms with E-state index in [9.17, 15) is 4.79 Å². The van der Waals surface area contributed by atoms with Crippen LogP contribution in [0.3, 0.4) is 0 Å².